The summed E-state index contributed by atoms with van der Waals surface area (Å²) in [5, 5.41) is 9.00. The molecule has 2 atom stereocenters. The van der Waals surface area contributed by atoms with E-state index >= 15 is 0 Å². The third-order valence-corrected chi connectivity index (χ3v) is 2.68. The van der Waals surface area contributed by atoms with E-state index in [0.717, 1.165) is 15.0 Å². The molecule has 50 valence electrons. The Kier molecular flexibility index (Phi) is 5.79. The minimum atomic E-state index is -0.0186. The van der Waals surface area contributed by atoms with Crippen LogP contribution in [0.15, 0.2) is 0 Å². The van der Waals surface area contributed by atoms with Crippen LogP contribution in [0.3, 0.4) is 0 Å². The van der Waals surface area contributed by atoms with Gasteiger partial charge in [-0.15, -0.1) is 0 Å². The van der Waals surface area contributed by atoms with Gasteiger partial charge in [-0.05, 0) is 12.6 Å². The van der Waals surface area contributed by atoms with Crippen molar-refractivity contribution in [3.8, 4) is 0 Å². The van der Waals surface area contributed by atoms with E-state index in [-0.39, 0.29) is 5.85 Å². The lowest BCUT2D eigenvalue weighted by Crippen LogP contribution is -1.95. The number of rotatable bonds is 4. The van der Waals surface area contributed by atoms with Gasteiger partial charge in [0.1, 0.15) is 0 Å². The molecule has 0 spiro atoms. The molecule has 0 aliphatic carbocycles. The Bertz CT molecular complexity index is 47.8. The first-order chi connectivity index (χ1) is 3.81. The highest BCUT2D eigenvalue weighted by molar-refractivity contribution is 7.38. The van der Waals surface area contributed by atoms with Gasteiger partial charge in [0.05, 0.1) is 5.85 Å². The Balaban J connectivity index is 2.86. The smallest absolute Gasteiger partial charge is 0.0699 e. The van der Waals surface area contributed by atoms with E-state index in [0.29, 0.717) is 0 Å². The summed E-state index contributed by atoms with van der Waals surface area (Å²) in [6, 6.07) is 0. The van der Waals surface area contributed by atoms with Crippen LogP contribution in [0.1, 0.15) is 26.7 Å². The molecule has 0 aromatic heterocycles. The van der Waals surface area contributed by atoms with Gasteiger partial charge in [0.25, 0.3) is 0 Å². The van der Waals surface area contributed by atoms with Crippen LogP contribution in [0.5, 0.6) is 0 Å². The first-order valence-electron chi connectivity index (χ1n) is 3.22. The summed E-state index contributed by atoms with van der Waals surface area (Å²) in [5.41, 5.74) is 0. The molecule has 0 aliphatic rings. The van der Waals surface area contributed by atoms with Crippen molar-refractivity contribution in [2.24, 2.45) is 0 Å². The van der Waals surface area contributed by atoms with Crippen molar-refractivity contribution < 1.29 is 5.11 Å². The lowest BCUT2D eigenvalue weighted by Gasteiger charge is -2.04. The average Bonchev–Trinajstić information content (AvgIpc) is 1.83. The fraction of sp³-hybridized carbons (Fsp3) is 1.00. The summed E-state index contributed by atoms with van der Waals surface area (Å²) in [6.45, 7) is 4.17. The topological polar surface area (TPSA) is 20.2 Å². The van der Waals surface area contributed by atoms with Gasteiger partial charge < -0.3 is 5.11 Å². The van der Waals surface area contributed by atoms with Gasteiger partial charge in [-0.1, -0.05) is 28.8 Å². The maximum Gasteiger partial charge on any atom is 0.0699 e. The molecule has 8 heavy (non-hydrogen) atoms. The van der Waals surface area contributed by atoms with Crippen molar-refractivity contribution in [1.82, 2.24) is 0 Å². The number of hydrogen-bond acceptors (Lipinski definition) is 1. The van der Waals surface area contributed by atoms with Crippen molar-refractivity contribution in [1.29, 1.82) is 0 Å². The predicted octanol–water partition coefficient (Wildman–Crippen LogP) is 1.80. The molecule has 0 aromatic carbocycles. The summed E-state index contributed by atoms with van der Waals surface area (Å²) in [4.78, 5) is 0. The molecule has 0 aromatic rings. The highest BCUT2D eigenvalue weighted by Crippen LogP contribution is 2.19. The van der Waals surface area contributed by atoms with Gasteiger partial charge in [-0.2, -0.15) is 0 Å². The predicted molar refractivity (Wildman–Crippen MR) is 39.8 cm³/mol. The molecule has 0 saturated carbocycles. The zero-order valence-electron chi connectivity index (χ0n) is 5.65. The second kappa shape index (κ2) is 5.53. The third-order valence-electron chi connectivity index (χ3n) is 1.02. The zero-order valence-corrected chi connectivity index (χ0v) is 6.65. The van der Waals surface area contributed by atoms with Gasteiger partial charge in [0, 0.05) is 0 Å². The number of aliphatic hydroxyl groups is 1. The van der Waals surface area contributed by atoms with E-state index in [4.69, 9.17) is 5.11 Å². The molecule has 0 bridgehead atoms. The summed E-state index contributed by atoms with van der Waals surface area (Å²) in [6.07, 6.45) is 3.31. The Morgan fingerprint density at radius 3 is 2.50 bits per heavy atom. The van der Waals surface area contributed by atoms with E-state index in [9.17, 15) is 0 Å². The van der Waals surface area contributed by atoms with Gasteiger partial charge >= 0.3 is 0 Å². The van der Waals surface area contributed by atoms with Crippen molar-refractivity contribution in [2.75, 3.05) is 6.16 Å². The minimum Gasteiger partial charge on any atom is -0.389 e. The monoisotopic (exact) mass is 134 g/mol. The highest BCUT2D eigenvalue weighted by Gasteiger charge is 1.95. The second-order valence-electron chi connectivity index (χ2n) is 1.88. The highest BCUT2D eigenvalue weighted by atomic mass is 31.1. The largest absolute Gasteiger partial charge is 0.389 e. The first-order valence-corrected chi connectivity index (χ1v) is 4.51. The molecular weight excluding hydrogens is 119 g/mol. The molecule has 0 amide bonds. The normalized spacial score (nSPS) is 15.4. The van der Waals surface area contributed by atoms with Crippen molar-refractivity contribution in [3.05, 3.63) is 0 Å². The van der Waals surface area contributed by atoms with Gasteiger partial charge in [0.15, 0.2) is 0 Å². The zero-order chi connectivity index (χ0) is 6.41. The van der Waals surface area contributed by atoms with Crippen LogP contribution in [0.25, 0.3) is 0 Å². The van der Waals surface area contributed by atoms with Crippen LogP contribution >= 0.6 is 8.58 Å². The van der Waals surface area contributed by atoms with Crippen LogP contribution < -0.4 is 0 Å². The molecule has 0 rings (SSSR count). The number of hydrogen-bond donors (Lipinski definition) is 1. The fourth-order valence-corrected chi connectivity index (χ4v) is 1.37. The van der Waals surface area contributed by atoms with Crippen LogP contribution in [0.2, 0.25) is 0 Å². The van der Waals surface area contributed by atoms with Gasteiger partial charge in [0.2, 0.25) is 0 Å². The SMILES string of the molecule is CCCPC(O)CC. The van der Waals surface area contributed by atoms with E-state index in [1.807, 2.05) is 6.92 Å². The summed E-state index contributed by atoms with van der Waals surface area (Å²) in [7, 11) is 0.762. The molecule has 0 aliphatic heterocycles. The molecule has 2 unspecified atom stereocenters. The first kappa shape index (κ1) is 8.39. The average molecular weight is 134 g/mol. The molecule has 0 saturated heterocycles. The van der Waals surface area contributed by atoms with E-state index in [1.54, 1.807) is 0 Å². The van der Waals surface area contributed by atoms with Gasteiger partial charge in [-0.25, -0.2) is 0 Å². The Morgan fingerprint density at radius 2 is 2.12 bits per heavy atom. The van der Waals surface area contributed by atoms with Crippen LogP contribution in [-0.4, -0.2) is 17.1 Å². The maximum atomic E-state index is 9.00. The Labute approximate surface area is 53.3 Å². The molecule has 0 heterocycles. The standard InChI is InChI=1S/C6H15OP/c1-3-5-8-6(7)4-2/h6-8H,3-5H2,1-2H3. The molecule has 0 radical (unpaired) electrons. The van der Waals surface area contributed by atoms with Crippen molar-refractivity contribution in [2.45, 2.75) is 32.5 Å². The number of aliphatic hydroxyl groups excluding tert-OH is 1. The quantitative estimate of drug-likeness (QED) is 0.581. The molecular formula is C6H15OP. The van der Waals surface area contributed by atoms with Crippen molar-refractivity contribution >= 4 is 8.58 Å². The fourth-order valence-electron chi connectivity index (χ4n) is 0.455. The summed E-state index contributed by atoms with van der Waals surface area (Å²) < 4.78 is 0. The lowest BCUT2D eigenvalue weighted by atomic mass is 10.5. The maximum absolute atomic E-state index is 9.00. The van der Waals surface area contributed by atoms with Crippen LogP contribution in [0.4, 0.5) is 0 Å². The third kappa shape index (κ3) is 4.55. The molecule has 1 nitrogen and oxygen atoms in total. The second-order valence-corrected chi connectivity index (χ2v) is 3.45. The van der Waals surface area contributed by atoms with Crippen molar-refractivity contribution in [3.63, 3.8) is 0 Å². The Hall–Kier alpha value is 0.390. The van der Waals surface area contributed by atoms with Gasteiger partial charge in [-0.3, -0.25) is 0 Å². The van der Waals surface area contributed by atoms with E-state index < -0.39 is 0 Å². The Morgan fingerprint density at radius 1 is 1.50 bits per heavy atom. The minimum absolute atomic E-state index is 0.0186. The molecule has 0 fully saturated rings. The summed E-state index contributed by atoms with van der Waals surface area (Å²) >= 11 is 0. The van der Waals surface area contributed by atoms with E-state index in [1.165, 1.54) is 12.6 Å². The van der Waals surface area contributed by atoms with E-state index in [2.05, 4.69) is 6.92 Å². The lowest BCUT2D eigenvalue weighted by molar-refractivity contribution is 0.256. The van der Waals surface area contributed by atoms with Crippen LogP contribution in [-0.2, 0) is 0 Å². The summed E-state index contributed by atoms with van der Waals surface area (Å²) in [5.74, 6) is -0.0186. The van der Waals surface area contributed by atoms with Crippen LogP contribution in [0, 0.1) is 0 Å². The molecule has 2 heteroatoms. The molecule has 1 N–H and O–H groups in total.